The van der Waals surface area contributed by atoms with Gasteiger partial charge in [-0.15, -0.1) is 0 Å². The second kappa shape index (κ2) is 7.63. The average molecular weight is 261 g/mol. The molecule has 0 bridgehead atoms. The van der Waals surface area contributed by atoms with Crippen LogP contribution in [0.1, 0.15) is 24.9 Å². The largest absolute Gasteiger partial charge is 0.314 e. The van der Waals surface area contributed by atoms with Gasteiger partial charge in [-0.25, -0.2) is 0 Å². The van der Waals surface area contributed by atoms with E-state index in [0.29, 0.717) is 6.04 Å². The number of piperazine rings is 1. The Balaban J connectivity index is 1.70. The van der Waals surface area contributed by atoms with E-state index in [2.05, 4.69) is 59.4 Å². The smallest absolute Gasteiger partial charge is 0.0316 e. The van der Waals surface area contributed by atoms with Crippen molar-refractivity contribution in [3.05, 3.63) is 35.9 Å². The average Bonchev–Trinajstić information content (AvgIpc) is 2.48. The first-order chi connectivity index (χ1) is 9.27. The highest BCUT2D eigenvalue weighted by molar-refractivity contribution is 5.18. The minimum absolute atomic E-state index is 0.504. The number of hydrogen-bond donors (Lipinski definition) is 1. The lowest BCUT2D eigenvalue weighted by atomic mass is 10.1. The molecule has 0 aliphatic carbocycles. The molecule has 1 aliphatic rings. The summed E-state index contributed by atoms with van der Waals surface area (Å²) >= 11 is 0. The van der Waals surface area contributed by atoms with Gasteiger partial charge in [-0.1, -0.05) is 30.3 Å². The van der Waals surface area contributed by atoms with Crippen LogP contribution >= 0.6 is 0 Å². The molecular formula is C16H27N3. The molecule has 1 aromatic rings. The minimum Gasteiger partial charge on any atom is -0.314 e. The first-order valence-electron chi connectivity index (χ1n) is 7.45. The minimum atomic E-state index is 0.504. The summed E-state index contributed by atoms with van der Waals surface area (Å²) < 4.78 is 0. The molecule has 1 fully saturated rings. The Morgan fingerprint density at radius 2 is 1.89 bits per heavy atom. The van der Waals surface area contributed by atoms with Crippen molar-refractivity contribution in [2.24, 2.45) is 0 Å². The van der Waals surface area contributed by atoms with Crippen LogP contribution in [0, 0.1) is 0 Å². The van der Waals surface area contributed by atoms with E-state index in [1.54, 1.807) is 0 Å². The summed E-state index contributed by atoms with van der Waals surface area (Å²) in [5.41, 5.74) is 1.41. The normalized spacial score (nSPS) is 18.7. The van der Waals surface area contributed by atoms with Gasteiger partial charge in [0.25, 0.3) is 0 Å². The van der Waals surface area contributed by atoms with Gasteiger partial charge in [0.2, 0.25) is 0 Å². The summed E-state index contributed by atoms with van der Waals surface area (Å²) in [5, 5.41) is 3.40. The van der Waals surface area contributed by atoms with E-state index in [1.165, 1.54) is 38.2 Å². The summed E-state index contributed by atoms with van der Waals surface area (Å²) in [6.07, 6.45) is 1.26. The molecular weight excluding hydrogens is 234 g/mol. The summed E-state index contributed by atoms with van der Waals surface area (Å²) in [4.78, 5) is 5.02. The second-order valence-electron chi connectivity index (χ2n) is 5.51. The van der Waals surface area contributed by atoms with Gasteiger partial charge in [-0.05, 0) is 39.0 Å². The molecule has 1 saturated heterocycles. The molecule has 1 aromatic carbocycles. The van der Waals surface area contributed by atoms with Crippen molar-refractivity contribution in [3.8, 4) is 0 Å². The molecule has 0 spiro atoms. The van der Waals surface area contributed by atoms with Crippen LogP contribution in [-0.2, 0) is 0 Å². The number of rotatable bonds is 6. The Labute approximate surface area is 117 Å². The van der Waals surface area contributed by atoms with Crippen LogP contribution in [-0.4, -0.2) is 56.1 Å². The zero-order valence-corrected chi connectivity index (χ0v) is 12.3. The van der Waals surface area contributed by atoms with Crippen molar-refractivity contribution < 1.29 is 0 Å². The van der Waals surface area contributed by atoms with Crippen LogP contribution < -0.4 is 5.32 Å². The SMILES string of the molecule is CC(c1ccccc1)N(C)CCCN1CCNCC1. The Bertz CT molecular complexity index is 346. The highest BCUT2D eigenvalue weighted by Crippen LogP contribution is 2.18. The second-order valence-corrected chi connectivity index (χ2v) is 5.51. The fraction of sp³-hybridized carbons (Fsp3) is 0.625. The topological polar surface area (TPSA) is 18.5 Å². The van der Waals surface area contributed by atoms with Crippen LogP contribution in [0.5, 0.6) is 0 Å². The van der Waals surface area contributed by atoms with E-state index >= 15 is 0 Å². The summed E-state index contributed by atoms with van der Waals surface area (Å²) in [5.74, 6) is 0. The molecule has 0 aromatic heterocycles. The molecule has 1 N–H and O–H groups in total. The van der Waals surface area contributed by atoms with E-state index in [0.717, 1.165) is 13.1 Å². The molecule has 2 rings (SSSR count). The Kier molecular flexibility index (Phi) is 5.83. The molecule has 19 heavy (non-hydrogen) atoms. The van der Waals surface area contributed by atoms with Gasteiger partial charge in [0.15, 0.2) is 0 Å². The molecule has 3 nitrogen and oxygen atoms in total. The monoisotopic (exact) mass is 261 g/mol. The molecule has 1 aliphatic heterocycles. The van der Waals surface area contributed by atoms with Crippen LogP contribution in [0.15, 0.2) is 30.3 Å². The molecule has 1 heterocycles. The lowest BCUT2D eigenvalue weighted by Gasteiger charge is -2.29. The summed E-state index contributed by atoms with van der Waals surface area (Å²) in [6, 6.07) is 11.3. The Morgan fingerprint density at radius 3 is 2.58 bits per heavy atom. The number of nitrogens with zero attached hydrogens (tertiary/aromatic N) is 2. The number of benzene rings is 1. The van der Waals surface area contributed by atoms with Gasteiger partial charge in [-0.2, -0.15) is 0 Å². The number of hydrogen-bond acceptors (Lipinski definition) is 3. The highest BCUT2D eigenvalue weighted by Gasteiger charge is 2.12. The van der Waals surface area contributed by atoms with E-state index in [1.807, 2.05) is 0 Å². The Hall–Kier alpha value is -0.900. The molecule has 0 radical (unpaired) electrons. The van der Waals surface area contributed by atoms with Gasteiger partial charge >= 0.3 is 0 Å². The van der Waals surface area contributed by atoms with Crippen LogP contribution in [0.2, 0.25) is 0 Å². The third-order valence-corrected chi connectivity index (χ3v) is 4.14. The van der Waals surface area contributed by atoms with Gasteiger partial charge in [0.1, 0.15) is 0 Å². The molecule has 0 amide bonds. The Morgan fingerprint density at radius 1 is 1.21 bits per heavy atom. The maximum absolute atomic E-state index is 3.40. The van der Waals surface area contributed by atoms with Crippen LogP contribution in [0.25, 0.3) is 0 Å². The molecule has 0 saturated carbocycles. The van der Waals surface area contributed by atoms with Crippen molar-refractivity contribution in [2.75, 3.05) is 46.3 Å². The van der Waals surface area contributed by atoms with E-state index in [9.17, 15) is 0 Å². The first kappa shape index (κ1) is 14.5. The van der Waals surface area contributed by atoms with Crippen molar-refractivity contribution in [3.63, 3.8) is 0 Å². The van der Waals surface area contributed by atoms with Crippen LogP contribution in [0.3, 0.4) is 0 Å². The quantitative estimate of drug-likeness (QED) is 0.845. The van der Waals surface area contributed by atoms with Crippen LogP contribution in [0.4, 0.5) is 0 Å². The molecule has 106 valence electrons. The van der Waals surface area contributed by atoms with Gasteiger partial charge in [-0.3, -0.25) is 4.90 Å². The van der Waals surface area contributed by atoms with Gasteiger partial charge in [0, 0.05) is 32.2 Å². The number of nitrogens with one attached hydrogen (secondary N) is 1. The first-order valence-corrected chi connectivity index (χ1v) is 7.45. The molecule has 1 unspecified atom stereocenters. The fourth-order valence-corrected chi connectivity index (χ4v) is 2.66. The van der Waals surface area contributed by atoms with Gasteiger partial charge < -0.3 is 10.2 Å². The predicted molar refractivity (Wildman–Crippen MR) is 81.4 cm³/mol. The van der Waals surface area contributed by atoms with E-state index < -0.39 is 0 Å². The van der Waals surface area contributed by atoms with Crippen molar-refractivity contribution in [2.45, 2.75) is 19.4 Å². The van der Waals surface area contributed by atoms with Gasteiger partial charge in [0.05, 0.1) is 0 Å². The zero-order valence-electron chi connectivity index (χ0n) is 12.3. The lowest BCUT2D eigenvalue weighted by molar-refractivity contribution is 0.205. The summed E-state index contributed by atoms with van der Waals surface area (Å²) in [7, 11) is 2.23. The highest BCUT2D eigenvalue weighted by atomic mass is 15.2. The third kappa shape index (κ3) is 4.60. The zero-order chi connectivity index (χ0) is 13.5. The molecule has 3 heteroatoms. The van der Waals surface area contributed by atoms with Crippen molar-refractivity contribution in [1.29, 1.82) is 0 Å². The third-order valence-electron chi connectivity index (χ3n) is 4.14. The van der Waals surface area contributed by atoms with Crippen molar-refractivity contribution in [1.82, 2.24) is 15.1 Å². The van der Waals surface area contributed by atoms with Crippen molar-refractivity contribution >= 4 is 0 Å². The molecule has 1 atom stereocenters. The maximum atomic E-state index is 3.40. The van der Waals surface area contributed by atoms with E-state index in [-0.39, 0.29) is 0 Å². The van der Waals surface area contributed by atoms with E-state index in [4.69, 9.17) is 0 Å². The lowest BCUT2D eigenvalue weighted by Crippen LogP contribution is -2.44. The fourth-order valence-electron chi connectivity index (χ4n) is 2.66. The summed E-state index contributed by atoms with van der Waals surface area (Å²) in [6.45, 7) is 9.40. The standard InChI is InChI=1S/C16H27N3/c1-15(16-7-4-3-5-8-16)18(2)11-6-12-19-13-9-17-10-14-19/h3-5,7-8,15,17H,6,9-14H2,1-2H3. The maximum Gasteiger partial charge on any atom is 0.0316 e. The predicted octanol–water partition coefficient (Wildman–Crippen LogP) is 1.97.